The second-order valence-corrected chi connectivity index (χ2v) is 5.38. The molecule has 6 nitrogen and oxygen atoms in total. The van der Waals surface area contributed by atoms with Crippen LogP contribution in [-0.2, 0) is 0 Å². The topological polar surface area (TPSA) is 78.6 Å². The van der Waals surface area contributed by atoms with Crippen molar-refractivity contribution in [2.45, 2.75) is 18.9 Å². The lowest BCUT2D eigenvalue weighted by Gasteiger charge is -2.27. The first-order valence-corrected chi connectivity index (χ1v) is 7.13. The molecule has 1 atom stereocenters. The van der Waals surface area contributed by atoms with Crippen molar-refractivity contribution in [3.63, 3.8) is 0 Å². The molecule has 1 aromatic rings. The Bertz CT molecular complexity index is 524. The van der Waals surface area contributed by atoms with Crippen LogP contribution in [0.4, 0.5) is 15.8 Å². The number of nitrogens with one attached hydrogen (secondary N) is 1. The largest absolute Gasteiger partial charge is 0.395 e. The van der Waals surface area contributed by atoms with Gasteiger partial charge >= 0.3 is 0 Å². The van der Waals surface area contributed by atoms with Crippen LogP contribution < -0.4 is 10.2 Å². The highest BCUT2D eigenvalue weighted by molar-refractivity contribution is 6.31. The summed E-state index contributed by atoms with van der Waals surface area (Å²) < 4.78 is 13.5. The Morgan fingerprint density at radius 2 is 2.33 bits per heavy atom. The van der Waals surface area contributed by atoms with Crippen LogP contribution in [0.5, 0.6) is 0 Å². The molecule has 0 radical (unpaired) electrons. The van der Waals surface area contributed by atoms with Gasteiger partial charge in [-0.05, 0) is 25.5 Å². The van der Waals surface area contributed by atoms with Gasteiger partial charge in [0, 0.05) is 19.1 Å². The second kappa shape index (κ2) is 7.02. The SMILES string of the molecule is O=[N+]([O-])c1cc(F)c(Cl)cc1N(CCO)CC1CCCN1. The Morgan fingerprint density at radius 1 is 1.57 bits per heavy atom. The van der Waals surface area contributed by atoms with E-state index in [1.165, 1.54) is 6.07 Å². The van der Waals surface area contributed by atoms with E-state index in [4.69, 9.17) is 11.6 Å². The highest BCUT2D eigenvalue weighted by atomic mass is 35.5. The van der Waals surface area contributed by atoms with Crippen molar-refractivity contribution in [1.29, 1.82) is 0 Å². The van der Waals surface area contributed by atoms with Gasteiger partial charge in [-0.1, -0.05) is 11.6 Å². The molecule has 1 aliphatic rings. The Kier molecular flexibility index (Phi) is 5.33. The van der Waals surface area contributed by atoms with Crippen molar-refractivity contribution < 1.29 is 14.4 Å². The van der Waals surface area contributed by atoms with E-state index in [9.17, 15) is 19.6 Å². The summed E-state index contributed by atoms with van der Waals surface area (Å²) in [6, 6.07) is 2.27. The molecule has 0 aliphatic carbocycles. The van der Waals surface area contributed by atoms with Crippen LogP contribution in [0.1, 0.15) is 12.8 Å². The fourth-order valence-corrected chi connectivity index (χ4v) is 2.69. The minimum Gasteiger partial charge on any atom is -0.395 e. The van der Waals surface area contributed by atoms with Gasteiger partial charge in [0.2, 0.25) is 0 Å². The fourth-order valence-electron chi connectivity index (χ4n) is 2.53. The maximum atomic E-state index is 13.5. The molecule has 1 unspecified atom stereocenters. The van der Waals surface area contributed by atoms with E-state index in [2.05, 4.69) is 5.32 Å². The molecule has 1 aromatic carbocycles. The normalized spacial score (nSPS) is 18.0. The first kappa shape index (κ1) is 15.9. The van der Waals surface area contributed by atoms with Crippen molar-refractivity contribution in [3.8, 4) is 0 Å². The minimum absolute atomic E-state index is 0.154. The highest BCUT2D eigenvalue weighted by Gasteiger charge is 2.25. The van der Waals surface area contributed by atoms with Crippen LogP contribution >= 0.6 is 11.6 Å². The van der Waals surface area contributed by atoms with Crippen molar-refractivity contribution in [2.75, 3.05) is 31.1 Å². The molecular weight excluding hydrogens is 301 g/mol. The van der Waals surface area contributed by atoms with Crippen molar-refractivity contribution >= 4 is 23.0 Å². The van der Waals surface area contributed by atoms with E-state index >= 15 is 0 Å². The van der Waals surface area contributed by atoms with Crippen LogP contribution in [0, 0.1) is 15.9 Å². The van der Waals surface area contributed by atoms with E-state index in [-0.39, 0.29) is 35.6 Å². The number of aliphatic hydroxyl groups excluding tert-OH is 1. The summed E-state index contributed by atoms with van der Waals surface area (Å²) in [4.78, 5) is 12.2. The molecule has 0 saturated carbocycles. The number of nitro groups is 1. The molecule has 2 rings (SSSR count). The number of nitro benzene ring substituents is 1. The third-order valence-corrected chi connectivity index (χ3v) is 3.82. The van der Waals surface area contributed by atoms with E-state index in [1.54, 1.807) is 4.90 Å². The van der Waals surface area contributed by atoms with E-state index in [1.807, 2.05) is 0 Å². The van der Waals surface area contributed by atoms with Gasteiger partial charge in [0.1, 0.15) is 11.5 Å². The molecule has 0 spiro atoms. The molecule has 1 heterocycles. The van der Waals surface area contributed by atoms with Crippen molar-refractivity contribution in [3.05, 3.63) is 33.1 Å². The van der Waals surface area contributed by atoms with Crippen LogP contribution in [0.2, 0.25) is 5.02 Å². The number of benzene rings is 1. The summed E-state index contributed by atoms with van der Waals surface area (Å²) in [5.74, 6) is -0.824. The molecule has 2 N–H and O–H groups in total. The number of hydrogen-bond acceptors (Lipinski definition) is 5. The molecule has 0 bridgehead atoms. The van der Waals surface area contributed by atoms with Crippen LogP contribution in [0.25, 0.3) is 0 Å². The lowest BCUT2D eigenvalue weighted by molar-refractivity contribution is -0.384. The first-order chi connectivity index (χ1) is 10.0. The summed E-state index contributed by atoms with van der Waals surface area (Å²) in [7, 11) is 0. The van der Waals surface area contributed by atoms with E-state index in [0.717, 1.165) is 25.5 Å². The lowest BCUT2D eigenvalue weighted by Crippen LogP contribution is -2.39. The molecule has 1 fully saturated rings. The molecular formula is C13H17ClFN3O3. The third-order valence-electron chi connectivity index (χ3n) is 3.53. The lowest BCUT2D eigenvalue weighted by atomic mass is 10.1. The number of nitrogens with zero attached hydrogens (tertiary/aromatic N) is 2. The third kappa shape index (κ3) is 3.81. The Hall–Kier alpha value is -1.44. The maximum absolute atomic E-state index is 13.5. The van der Waals surface area contributed by atoms with Crippen LogP contribution in [-0.4, -0.2) is 42.3 Å². The van der Waals surface area contributed by atoms with Gasteiger partial charge < -0.3 is 15.3 Å². The monoisotopic (exact) mass is 317 g/mol. The number of halogens is 2. The van der Waals surface area contributed by atoms with Crippen LogP contribution in [0.15, 0.2) is 12.1 Å². The van der Waals surface area contributed by atoms with Gasteiger partial charge in [-0.15, -0.1) is 0 Å². The number of anilines is 1. The van der Waals surface area contributed by atoms with E-state index in [0.29, 0.717) is 6.54 Å². The molecule has 1 aliphatic heterocycles. The quantitative estimate of drug-likeness (QED) is 0.619. The number of rotatable bonds is 6. The summed E-state index contributed by atoms with van der Waals surface area (Å²) in [6.07, 6.45) is 2.01. The van der Waals surface area contributed by atoms with Gasteiger partial charge in [-0.25, -0.2) is 4.39 Å². The summed E-state index contributed by atoms with van der Waals surface area (Å²) in [5, 5.41) is 23.4. The molecule has 0 amide bonds. The number of aliphatic hydroxyl groups is 1. The van der Waals surface area contributed by atoms with Gasteiger partial charge in [-0.2, -0.15) is 0 Å². The highest BCUT2D eigenvalue weighted by Crippen LogP contribution is 2.33. The molecule has 21 heavy (non-hydrogen) atoms. The van der Waals surface area contributed by atoms with Crippen LogP contribution in [0.3, 0.4) is 0 Å². The van der Waals surface area contributed by atoms with E-state index < -0.39 is 10.7 Å². The molecule has 116 valence electrons. The van der Waals surface area contributed by atoms with Gasteiger partial charge in [-0.3, -0.25) is 10.1 Å². The Balaban J connectivity index is 2.33. The van der Waals surface area contributed by atoms with Gasteiger partial charge in [0.15, 0.2) is 0 Å². The zero-order chi connectivity index (χ0) is 15.4. The first-order valence-electron chi connectivity index (χ1n) is 6.75. The predicted molar refractivity (Wildman–Crippen MR) is 78.4 cm³/mol. The average Bonchev–Trinajstić information content (AvgIpc) is 2.93. The molecule has 1 saturated heterocycles. The maximum Gasteiger partial charge on any atom is 0.295 e. The van der Waals surface area contributed by atoms with Gasteiger partial charge in [0.05, 0.1) is 22.6 Å². The molecule has 0 aromatic heterocycles. The van der Waals surface area contributed by atoms with Crippen molar-refractivity contribution in [1.82, 2.24) is 5.32 Å². The fraction of sp³-hybridized carbons (Fsp3) is 0.538. The van der Waals surface area contributed by atoms with Crippen molar-refractivity contribution in [2.24, 2.45) is 0 Å². The Morgan fingerprint density at radius 3 is 2.90 bits per heavy atom. The summed E-state index contributed by atoms with van der Waals surface area (Å²) in [5.41, 5.74) is -0.113. The summed E-state index contributed by atoms with van der Waals surface area (Å²) >= 11 is 5.75. The zero-order valence-corrected chi connectivity index (χ0v) is 12.1. The second-order valence-electron chi connectivity index (χ2n) is 4.98. The average molecular weight is 318 g/mol. The summed E-state index contributed by atoms with van der Waals surface area (Å²) in [6.45, 7) is 1.48. The Labute approximate surface area is 126 Å². The predicted octanol–water partition coefficient (Wildman–Crippen LogP) is 1.94. The standard InChI is InChI=1S/C13H17ClFN3O3/c14-10-6-12(13(18(20)21)7-11(10)15)17(4-5-19)8-9-2-1-3-16-9/h6-7,9,16,19H,1-5,8H2. The number of hydrogen-bond donors (Lipinski definition) is 2. The van der Waals surface area contributed by atoms with Gasteiger partial charge in [0.25, 0.3) is 5.69 Å². The minimum atomic E-state index is -0.824. The smallest absolute Gasteiger partial charge is 0.295 e. The molecule has 8 heteroatoms. The zero-order valence-electron chi connectivity index (χ0n) is 11.4.